The van der Waals surface area contributed by atoms with Crippen molar-refractivity contribution in [2.75, 3.05) is 13.7 Å². The quantitative estimate of drug-likeness (QED) is 0.125. The summed E-state index contributed by atoms with van der Waals surface area (Å²) in [5.41, 5.74) is -1.12. The molecule has 17 heteroatoms. The lowest BCUT2D eigenvalue weighted by molar-refractivity contribution is -0.277. The highest BCUT2D eigenvalue weighted by molar-refractivity contribution is 5.88. The van der Waals surface area contributed by atoms with Crippen LogP contribution in [-0.4, -0.2) is 127 Å². The summed E-state index contributed by atoms with van der Waals surface area (Å²) in [7, 11) is 1.44. The molecule has 0 amide bonds. The number of methoxy groups -OCH3 is 1. The summed E-state index contributed by atoms with van der Waals surface area (Å²) < 4.78 is 32.8. The number of ether oxygens (including phenoxy) is 5. The molecule has 2 fully saturated rings. The predicted octanol–water partition coefficient (Wildman–Crippen LogP) is -2.38. The van der Waals surface area contributed by atoms with E-state index in [2.05, 4.69) is 0 Å². The van der Waals surface area contributed by atoms with Crippen LogP contribution in [0.2, 0.25) is 0 Å². The summed E-state index contributed by atoms with van der Waals surface area (Å²) in [5, 5.41) is 90.8. The Hall–Kier alpha value is -4.04. The SMILES string of the molecule is COc1ccc(-c2oc3cc(O[C@@H]4O[C@@H](C(=O)O)[C@@H](O)[C@H](O)[C@H]4O)cc(O[C@@H]4O[C@@H](CO)[C@@H](O)[C@H](O)[C@H]4O)c3c(=O)c2O)cc1. The largest absolute Gasteiger partial charge is 0.502 e. The summed E-state index contributed by atoms with van der Waals surface area (Å²) >= 11 is 0. The number of aromatic hydroxyl groups is 1. The van der Waals surface area contributed by atoms with Gasteiger partial charge in [-0.05, 0) is 24.3 Å². The van der Waals surface area contributed by atoms with E-state index in [4.69, 9.17) is 28.1 Å². The van der Waals surface area contributed by atoms with Crippen LogP contribution in [-0.2, 0) is 14.3 Å². The number of carboxylic acids is 1. The Bertz CT molecular complexity index is 1590. The van der Waals surface area contributed by atoms with Gasteiger partial charge < -0.3 is 74.1 Å². The molecule has 0 saturated carbocycles. The minimum atomic E-state index is -2.01. The molecule has 45 heavy (non-hydrogen) atoms. The second-order valence-corrected chi connectivity index (χ2v) is 10.3. The minimum absolute atomic E-state index is 0.238. The number of rotatable bonds is 8. The topological polar surface area (TPSA) is 275 Å². The molecule has 2 aromatic carbocycles. The molecule has 1 aromatic heterocycles. The van der Waals surface area contributed by atoms with Gasteiger partial charge in [0.1, 0.15) is 70.9 Å². The maximum atomic E-state index is 13.5. The maximum Gasteiger partial charge on any atom is 0.335 e. The van der Waals surface area contributed by atoms with Crippen LogP contribution < -0.4 is 19.6 Å². The third kappa shape index (κ3) is 6.00. The first-order chi connectivity index (χ1) is 21.4. The molecule has 0 unspecified atom stereocenters. The van der Waals surface area contributed by atoms with Crippen LogP contribution in [0.3, 0.4) is 0 Å². The fraction of sp³-hybridized carbons (Fsp3) is 0.429. The summed E-state index contributed by atoms with van der Waals surface area (Å²) in [5.74, 6) is -3.20. The Morgan fingerprint density at radius 2 is 1.44 bits per heavy atom. The highest BCUT2D eigenvalue weighted by Gasteiger charge is 2.48. The number of hydrogen-bond acceptors (Lipinski definition) is 16. The number of benzene rings is 2. The Morgan fingerprint density at radius 3 is 2.04 bits per heavy atom. The van der Waals surface area contributed by atoms with Crippen molar-refractivity contribution in [1.82, 2.24) is 0 Å². The van der Waals surface area contributed by atoms with Gasteiger partial charge in [0, 0.05) is 17.7 Å². The van der Waals surface area contributed by atoms with Crippen LogP contribution in [0.5, 0.6) is 23.0 Å². The molecule has 2 saturated heterocycles. The molecule has 0 aliphatic carbocycles. The van der Waals surface area contributed by atoms with Crippen LogP contribution in [0.25, 0.3) is 22.3 Å². The van der Waals surface area contributed by atoms with Crippen molar-refractivity contribution in [1.29, 1.82) is 0 Å². The van der Waals surface area contributed by atoms with Crippen LogP contribution >= 0.6 is 0 Å². The molecular formula is C28H30O17. The van der Waals surface area contributed by atoms with Gasteiger partial charge in [-0.15, -0.1) is 0 Å². The number of carboxylic acid groups (broad SMARTS) is 1. The van der Waals surface area contributed by atoms with Crippen LogP contribution in [0.15, 0.2) is 45.6 Å². The summed E-state index contributed by atoms with van der Waals surface area (Å²) in [6, 6.07) is 8.11. The van der Waals surface area contributed by atoms with Crippen molar-refractivity contribution in [3.8, 4) is 34.3 Å². The number of aliphatic carboxylic acids is 1. The zero-order valence-corrected chi connectivity index (χ0v) is 23.2. The Morgan fingerprint density at radius 1 is 0.822 bits per heavy atom. The highest BCUT2D eigenvalue weighted by Crippen LogP contribution is 2.38. The molecule has 5 rings (SSSR count). The number of fused-ring (bicyclic) bond motifs is 1. The van der Waals surface area contributed by atoms with E-state index in [1.165, 1.54) is 31.4 Å². The lowest BCUT2D eigenvalue weighted by Crippen LogP contribution is -2.61. The predicted molar refractivity (Wildman–Crippen MR) is 145 cm³/mol. The lowest BCUT2D eigenvalue weighted by atomic mass is 9.99. The molecule has 0 spiro atoms. The first-order valence-corrected chi connectivity index (χ1v) is 13.4. The van der Waals surface area contributed by atoms with Gasteiger partial charge in [-0.1, -0.05) is 0 Å². The van der Waals surface area contributed by atoms with Gasteiger partial charge >= 0.3 is 5.97 Å². The molecule has 0 radical (unpaired) electrons. The smallest absolute Gasteiger partial charge is 0.335 e. The van der Waals surface area contributed by atoms with Crippen LogP contribution in [0, 0.1) is 0 Å². The average Bonchev–Trinajstić information content (AvgIpc) is 3.02. The summed E-state index contributed by atoms with van der Waals surface area (Å²) in [4.78, 5) is 25.0. The monoisotopic (exact) mass is 638 g/mol. The van der Waals surface area contributed by atoms with E-state index in [0.717, 1.165) is 12.1 Å². The number of aliphatic hydroxyl groups excluding tert-OH is 7. The third-order valence-electron chi connectivity index (χ3n) is 7.42. The van der Waals surface area contributed by atoms with Crippen molar-refractivity contribution < 1.29 is 78.9 Å². The first-order valence-electron chi connectivity index (χ1n) is 13.4. The highest BCUT2D eigenvalue weighted by atomic mass is 16.7. The van der Waals surface area contributed by atoms with Crippen molar-refractivity contribution in [2.45, 2.75) is 61.4 Å². The minimum Gasteiger partial charge on any atom is -0.502 e. The second kappa shape index (κ2) is 12.8. The van der Waals surface area contributed by atoms with E-state index in [1.807, 2.05) is 0 Å². The van der Waals surface area contributed by atoms with Gasteiger partial charge in [0.05, 0.1) is 13.7 Å². The molecule has 3 aromatic rings. The Balaban J connectivity index is 1.62. The summed E-state index contributed by atoms with van der Waals surface area (Å²) in [6.07, 6.45) is -18.6. The number of hydrogen-bond donors (Lipinski definition) is 9. The van der Waals surface area contributed by atoms with Gasteiger partial charge in [-0.25, -0.2) is 4.79 Å². The van der Waals surface area contributed by atoms with E-state index in [0.29, 0.717) is 5.75 Å². The van der Waals surface area contributed by atoms with E-state index >= 15 is 0 Å². The molecular weight excluding hydrogens is 608 g/mol. The second-order valence-electron chi connectivity index (χ2n) is 10.3. The summed E-state index contributed by atoms with van der Waals surface area (Å²) in [6.45, 7) is -0.793. The molecule has 244 valence electrons. The first kappa shape index (κ1) is 32.4. The van der Waals surface area contributed by atoms with Gasteiger partial charge in [-0.3, -0.25) is 4.79 Å². The van der Waals surface area contributed by atoms with Gasteiger partial charge in [0.2, 0.25) is 23.8 Å². The fourth-order valence-corrected chi connectivity index (χ4v) is 4.92. The average molecular weight is 639 g/mol. The molecule has 0 bridgehead atoms. The molecule has 3 heterocycles. The van der Waals surface area contributed by atoms with Crippen LogP contribution in [0.1, 0.15) is 0 Å². The fourth-order valence-electron chi connectivity index (χ4n) is 4.92. The maximum absolute atomic E-state index is 13.5. The molecule has 2 aliphatic rings. The zero-order chi connectivity index (χ0) is 32.7. The molecule has 17 nitrogen and oxygen atoms in total. The van der Waals surface area contributed by atoms with Gasteiger partial charge in [-0.2, -0.15) is 0 Å². The van der Waals surface area contributed by atoms with Crippen molar-refractivity contribution >= 4 is 16.9 Å². The van der Waals surface area contributed by atoms with Crippen LogP contribution in [0.4, 0.5) is 0 Å². The van der Waals surface area contributed by atoms with E-state index < -0.39 is 96.3 Å². The third-order valence-corrected chi connectivity index (χ3v) is 7.42. The van der Waals surface area contributed by atoms with E-state index in [1.54, 1.807) is 0 Å². The zero-order valence-electron chi connectivity index (χ0n) is 23.2. The molecule has 9 N–H and O–H groups in total. The van der Waals surface area contributed by atoms with Gasteiger partial charge in [0.25, 0.3) is 0 Å². The van der Waals surface area contributed by atoms with Gasteiger partial charge in [0.15, 0.2) is 11.9 Å². The van der Waals surface area contributed by atoms with Crippen molar-refractivity contribution in [3.63, 3.8) is 0 Å². The Labute approximate surface area is 252 Å². The molecule has 10 atom stereocenters. The van der Waals surface area contributed by atoms with E-state index in [-0.39, 0.29) is 22.7 Å². The Kier molecular flexibility index (Phi) is 9.17. The normalized spacial score (nSPS) is 31.8. The van der Waals surface area contributed by atoms with E-state index in [9.17, 15) is 55.5 Å². The number of aliphatic hydroxyl groups is 7. The molecule has 2 aliphatic heterocycles. The number of carbonyl (C=O) groups is 1. The van der Waals surface area contributed by atoms with Crippen molar-refractivity contribution in [2.24, 2.45) is 0 Å². The standard InChI is InChI=1S/C28H30O17/c1-40-10-4-2-9(3-5-10)24-20(34)17(31)15-12(42-24)6-11(41-27-23(37)19(33)21(35)25(45-27)26(38)39)7-13(15)43-28-22(36)18(32)16(30)14(8-29)44-28/h2-7,14,16,18-19,21-23,25,27-30,32-37H,8H2,1H3,(H,38,39)/t14-,16+,18-,19-,21-,22+,23+,25+,27+,28+/m0/s1. The lowest BCUT2D eigenvalue weighted by Gasteiger charge is -2.39. The van der Waals surface area contributed by atoms with Crippen molar-refractivity contribution in [3.05, 3.63) is 46.6 Å².